The molecule has 2 aromatic carbocycles. The number of hydrogen-bond acceptors (Lipinski definition) is 2. The molecule has 0 aliphatic carbocycles. The van der Waals surface area contributed by atoms with Gasteiger partial charge < -0.3 is 5.11 Å². The van der Waals surface area contributed by atoms with Gasteiger partial charge in [-0.2, -0.15) is 0 Å². The first-order chi connectivity index (χ1) is 12.3. The summed E-state index contributed by atoms with van der Waals surface area (Å²) in [6.07, 6.45) is 12.5. The van der Waals surface area contributed by atoms with Crippen molar-refractivity contribution in [3.8, 4) is 16.9 Å². The van der Waals surface area contributed by atoms with Gasteiger partial charge in [-0.3, -0.25) is 0 Å². The third-order valence-electron chi connectivity index (χ3n) is 4.57. The van der Waals surface area contributed by atoms with Gasteiger partial charge in [-0.25, -0.2) is 0 Å². The van der Waals surface area contributed by atoms with Crippen LogP contribution < -0.4 is 0 Å². The van der Waals surface area contributed by atoms with Crippen molar-refractivity contribution in [1.29, 1.82) is 0 Å². The minimum atomic E-state index is 0.317. The molecule has 0 fully saturated rings. The van der Waals surface area contributed by atoms with Gasteiger partial charge in [0.1, 0.15) is 5.75 Å². The van der Waals surface area contributed by atoms with Gasteiger partial charge in [0.05, 0.1) is 0 Å². The van der Waals surface area contributed by atoms with Gasteiger partial charge >= 0.3 is 0 Å². The van der Waals surface area contributed by atoms with Crippen LogP contribution in [0.3, 0.4) is 0 Å². The molecule has 0 unspecified atom stereocenters. The number of phenols is 1. The number of aromatic hydroxyl groups is 1. The van der Waals surface area contributed by atoms with Crippen LogP contribution in [0.4, 0.5) is 0 Å². The van der Waals surface area contributed by atoms with Crippen LogP contribution in [0.2, 0.25) is 0 Å². The van der Waals surface area contributed by atoms with Crippen molar-refractivity contribution in [3.63, 3.8) is 0 Å². The van der Waals surface area contributed by atoms with E-state index in [2.05, 4.69) is 31.2 Å². The Kier molecular flexibility index (Phi) is 9.58. The fraction of sp³-hybridized carbons (Fsp3) is 0.478. The van der Waals surface area contributed by atoms with Crippen LogP contribution in [-0.2, 0) is 0 Å². The summed E-state index contributed by atoms with van der Waals surface area (Å²) in [5.41, 5.74) is 2.35. The maximum Gasteiger partial charge on any atom is 0.115 e. The molecular formula is C23H32OS. The number of benzene rings is 2. The molecule has 0 atom stereocenters. The minimum absolute atomic E-state index is 0.317. The van der Waals surface area contributed by atoms with Crippen molar-refractivity contribution in [2.24, 2.45) is 0 Å². The van der Waals surface area contributed by atoms with Crippen LogP contribution in [0.25, 0.3) is 11.1 Å². The second kappa shape index (κ2) is 12.0. The number of unbranched alkanes of at least 4 members (excludes halogenated alkanes) is 8. The number of phenolic OH excluding ortho intramolecular Hbond substituents is 1. The SMILES string of the molecule is CCCCCCCCCCCSc1ccc(-c2ccc(O)cc2)cc1. The van der Waals surface area contributed by atoms with Crippen molar-refractivity contribution < 1.29 is 5.11 Å². The molecule has 136 valence electrons. The quantitative estimate of drug-likeness (QED) is 0.311. The van der Waals surface area contributed by atoms with Crippen LogP contribution in [-0.4, -0.2) is 10.9 Å². The van der Waals surface area contributed by atoms with Crippen LogP contribution in [0.1, 0.15) is 64.7 Å². The highest BCUT2D eigenvalue weighted by Crippen LogP contribution is 2.26. The minimum Gasteiger partial charge on any atom is -0.508 e. The standard InChI is InChI=1S/C23H32OS/c1-2-3-4-5-6-7-8-9-10-19-25-23-17-13-21(14-18-23)20-11-15-22(24)16-12-20/h11-18,24H,2-10,19H2,1H3. The van der Waals surface area contributed by atoms with Crippen molar-refractivity contribution in [2.45, 2.75) is 69.6 Å². The summed E-state index contributed by atoms with van der Waals surface area (Å²) in [6, 6.07) is 16.2. The first kappa shape index (κ1) is 19.9. The van der Waals surface area contributed by atoms with Crippen molar-refractivity contribution >= 4 is 11.8 Å². The molecule has 0 saturated carbocycles. The predicted molar refractivity (Wildman–Crippen MR) is 111 cm³/mol. The Morgan fingerprint density at radius 1 is 0.640 bits per heavy atom. The molecule has 0 saturated heterocycles. The molecule has 0 amide bonds. The van der Waals surface area contributed by atoms with Gasteiger partial charge in [0, 0.05) is 4.90 Å². The molecule has 2 rings (SSSR count). The largest absolute Gasteiger partial charge is 0.508 e. The maximum absolute atomic E-state index is 9.37. The summed E-state index contributed by atoms with van der Waals surface area (Å²) in [7, 11) is 0. The smallest absolute Gasteiger partial charge is 0.115 e. The molecular weight excluding hydrogens is 324 g/mol. The molecule has 0 radical (unpaired) electrons. The van der Waals surface area contributed by atoms with Crippen molar-refractivity contribution in [3.05, 3.63) is 48.5 Å². The second-order valence-electron chi connectivity index (χ2n) is 6.75. The van der Waals surface area contributed by atoms with Gasteiger partial charge in [0.15, 0.2) is 0 Å². The van der Waals surface area contributed by atoms with E-state index in [1.54, 1.807) is 12.1 Å². The first-order valence-electron chi connectivity index (χ1n) is 9.82. The van der Waals surface area contributed by atoms with E-state index in [0.29, 0.717) is 5.75 Å². The summed E-state index contributed by atoms with van der Waals surface area (Å²) >= 11 is 1.96. The van der Waals surface area contributed by atoms with E-state index in [4.69, 9.17) is 0 Å². The molecule has 0 heterocycles. The highest BCUT2D eigenvalue weighted by Gasteiger charge is 1.99. The normalized spacial score (nSPS) is 10.9. The lowest BCUT2D eigenvalue weighted by Gasteiger charge is -2.05. The van der Waals surface area contributed by atoms with E-state index in [-0.39, 0.29) is 0 Å². The topological polar surface area (TPSA) is 20.2 Å². The molecule has 0 spiro atoms. The number of rotatable bonds is 12. The predicted octanol–water partition coefficient (Wildman–Crippen LogP) is 7.68. The average Bonchev–Trinajstić information content (AvgIpc) is 2.64. The second-order valence-corrected chi connectivity index (χ2v) is 7.92. The molecule has 0 bridgehead atoms. The monoisotopic (exact) mass is 356 g/mol. The third kappa shape index (κ3) is 8.00. The zero-order valence-electron chi connectivity index (χ0n) is 15.5. The van der Waals surface area contributed by atoms with E-state index in [1.807, 2.05) is 23.9 Å². The lowest BCUT2D eigenvalue weighted by Crippen LogP contribution is -1.84. The Bertz CT molecular complexity index is 574. The van der Waals surface area contributed by atoms with Gasteiger partial charge in [-0.1, -0.05) is 82.6 Å². The Hall–Kier alpha value is -1.41. The molecule has 2 heteroatoms. The van der Waals surface area contributed by atoms with Crippen LogP contribution in [0.15, 0.2) is 53.4 Å². The highest BCUT2D eigenvalue weighted by molar-refractivity contribution is 7.99. The molecule has 2 aromatic rings. The van der Waals surface area contributed by atoms with E-state index < -0.39 is 0 Å². The summed E-state index contributed by atoms with van der Waals surface area (Å²) in [6.45, 7) is 2.28. The number of thioether (sulfide) groups is 1. The van der Waals surface area contributed by atoms with E-state index in [9.17, 15) is 5.11 Å². The van der Waals surface area contributed by atoms with Crippen LogP contribution >= 0.6 is 11.8 Å². The lowest BCUT2D eigenvalue weighted by molar-refractivity contribution is 0.475. The third-order valence-corrected chi connectivity index (χ3v) is 5.67. The van der Waals surface area contributed by atoms with Crippen LogP contribution in [0, 0.1) is 0 Å². The summed E-state index contributed by atoms with van der Waals surface area (Å²) < 4.78 is 0. The fourth-order valence-corrected chi connectivity index (χ4v) is 3.91. The molecule has 1 nitrogen and oxygen atoms in total. The number of hydrogen-bond donors (Lipinski definition) is 1. The van der Waals surface area contributed by atoms with E-state index >= 15 is 0 Å². The van der Waals surface area contributed by atoms with Crippen molar-refractivity contribution in [2.75, 3.05) is 5.75 Å². The Morgan fingerprint density at radius 2 is 1.12 bits per heavy atom. The fourth-order valence-electron chi connectivity index (χ4n) is 3.00. The van der Waals surface area contributed by atoms with Gasteiger partial charge in [0.2, 0.25) is 0 Å². The van der Waals surface area contributed by atoms with Gasteiger partial charge in [0.25, 0.3) is 0 Å². The van der Waals surface area contributed by atoms with Gasteiger partial charge in [-0.15, -0.1) is 11.8 Å². The highest BCUT2D eigenvalue weighted by atomic mass is 32.2. The zero-order valence-corrected chi connectivity index (χ0v) is 16.4. The van der Waals surface area contributed by atoms with Crippen molar-refractivity contribution in [1.82, 2.24) is 0 Å². The Balaban J connectivity index is 1.58. The molecule has 25 heavy (non-hydrogen) atoms. The van der Waals surface area contributed by atoms with Crippen LogP contribution in [0.5, 0.6) is 5.75 Å². The first-order valence-corrected chi connectivity index (χ1v) is 10.8. The maximum atomic E-state index is 9.37. The molecule has 1 N–H and O–H groups in total. The molecule has 0 aliphatic rings. The zero-order chi connectivity index (χ0) is 17.7. The Morgan fingerprint density at radius 3 is 1.68 bits per heavy atom. The molecule has 0 aliphatic heterocycles. The van der Waals surface area contributed by atoms with E-state index in [0.717, 1.165) is 5.56 Å². The summed E-state index contributed by atoms with van der Waals surface area (Å²) in [5, 5.41) is 9.37. The lowest BCUT2D eigenvalue weighted by atomic mass is 10.1. The van der Waals surface area contributed by atoms with E-state index in [1.165, 1.54) is 74.0 Å². The molecule has 0 aromatic heterocycles. The summed E-state index contributed by atoms with van der Waals surface area (Å²) in [4.78, 5) is 1.35. The summed E-state index contributed by atoms with van der Waals surface area (Å²) in [5.74, 6) is 1.53. The van der Waals surface area contributed by atoms with Gasteiger partial charge in [-0.05, 0) is 47.6 Å². The Labute approximate surface area is 157 Å². The average molecular weight is 357 g/mol.